The predicted molar refractivity (Wildman–Crippen MR) is 150 cm³/mol. The molecule has 1 aliphatic rings. The van der Waals surface area contributed by atoms with E-state index in [1.54, 1.807) is 19.2 Å². The summed E-state index contributed by atoms with van der Waals surface area (Å²) in [6.07, 6.45) is 3.56. The average molecular weight is 523 g/mol. The maximum atomic E-state index is 13.2. The van der Waals surface area contributed by atoms with Crippen molar-refractivity contribution in [1.29, 1.82) is 0 Å². The smallest absolute Gasteiger partial charge is 0.263 e. The van der Waals surface area contributed by atoms with E-state index in [-0.39, 0.29) is 34.5 Å². The van der Waals surface area contributed by atoms with Crippen LogP contribution in [0.3, 0.4) is 0 Å². The first kappa shape index (κ1) is 26.9. The van der Waals surface area contributed by atoms with Gasteiger partial charge < -0.3 is 14.3 Å². The molecule has 196 valence electrons. The third-order valence-corrected chi connectivity index (χ3v) is 7.21. The van der Waals surface area contributed by atoms with Crippen LogP contribution in [-0.2, 0) is 11.9 Å². The van der Waals surface area contributed by atoms with Crippen molar-refractivity contribution in [2.24, 2.45) is 18.1 Å². The van der Waals surface area contributed by atoms with Crippen molar-refractivity contribution in [2.75, 3.05) is 11.9 Å². The minimum Gasteiger partial charge on any atom is -0.390 e. The third-order valence-electron chi connectivity index (χ3n) is 7.00. The Morgan fingerprint density at radius 1 is 1.11 bits per heavy atom. The van der Waals surface area contributed by atoms with Crippen LogP contribution in [0.25, 0.3) is 11.0 Å². The van der Waals surface area contributed by atoms with Gasteiger partial charge in [0.25, 0.3) is 5.56 Å². The Kier molecular flexibility index (Phi) is 7.74. The molecule has 2 heterocycles. The topological polar surface area (TPSA) is 76.8 Å². The summed E-state index contributed by atoms with van der Waals surface area (Å²) in [5.41, 5.74) is 3.26. The van der Waals surface area contributed by atoms with Crippen molar-refractivity contribution in [3.05, 3.63) is 69.1 Å². The maximum absolute atomic E-state index is 13.2. The van der Waals surface area contributed by atoms with Gasteiger partial charge in [0.2, 0.25) is 0 Å². The second-order valence-corrected chi connectivity index (χ2v) is 11.2. The summed E-state index contributed by atoms with van der Waals surface area (Å²) < 4.78 is 1.47. The molecule has 0 amide bonds. The molecule has 1 fully saturated rings. The minimum atomic E-state index is -0.380. The Hall–Kier alpha value is -3.19. The van der Waals surface area contributed by atoms with Gasteiger partial charge in [0, 0.05) is 26.1 Å². The summed E-state index contributed by atoms with van der Waals surface area (Å²) in [4.78, 5) is 38.3. The van der Waals surface area contributed by atoms with E-state index in [9.17, 15) is 9.59 Å². The maximum Gasteiger partial charge on any atom is 0.263 e. The number of aromatic nitrogens is 2. The molecule has 1 aliphatic carbocycles. The number of benzene rings is 1. The summed E-state index contributed by atoms with van der Waals surface area (Å²) in [6, 6.07) is 13.8. The number of pyridine rings is 2. The van der Waals surface area contributed by atoms with Crippen molar-refractivity contribution in [3.63, 3.8) is 0 Å². The molecule has 8 heteroatoms. The van der Waals surface area contributed by atoms with Gasteiger partial charge in [-0.2, -0.15) is 0 Å². The predicted octanol–water partition coefficient (Wildman–Crippen LogP) is 6.00. The molecule has 0 saturated heterocycles. The van der Waals surface area contributed by atoms with E-state index in [1.165, 1.54) is 11.5 Å². The number of Topliss-reactive ketones (excluding diaryl/α,β-unsaturated/α-hetero) is 1. The molecule has 1 saturated carbocycles. The van der Waals surface area contributed by atoms with Crippen molar-refractivity contribution in [1.82, 2.24) is 9.55 Å². The highest BCUT2D eigenvalue weighted by atomic mass is 35.5. The Bertz CT molecular complexity index is 1380. The van der Waals surface area contributed by atoms with E-state index in [1.807, 2.05) is 46.0 Å². The molecule has 0 atom stereocenters. The van der Waals surface area contributed by atoms with Gasteiger partial charge in [-0.15, -0.1) is 0 Å². The van der Waals surface area contributed by atoms with E-state index in [0.717, 1.165) is 37.0 Å². The van der Waals surface area contributed by atoms with Gasteiger partial charge in [-0.3, -0.25) is 9.59 Å². The van der Waals surface area contributed by atoms with E-state index in [4.69, 9.17) is 16.4 Å². The number of carbonyl (C=O) groups excluding carboxylic acids is 1. The Balaban J connectivity index is 1.66. The van der Waals surface area contributed by atoms with Gasteiger partial charge in [-0.05, 0) is 71.1 Å². The molecule has 4 rings (SSSR count). The van der Waals surface area contributed by atoms with Gasteiger partial charge in [-0.1, -0.05) is 47.1 Å². The molecule has 3 aromatic rings. The highest BCUT2D eigenvalue weighted by Crippen LogP contribution is 2.36. The number of hydrogen-bond acceptors (Lipinski definition) is 6. The first-order chi connectivity index (χ1) is 17.5. The van der Waals surface area contributed by atoms with Crippen LogP contribution in [0, 0.1) is 5.92 Å². The van der Waals surface area contributed by atoms with Gasteiger partial charge in [0.15, 0.2) is 5.78 Å². The molecular formula is C29H35ClN4O3. The molecule has 7 nitrogen and oxygen atoms in total. The van der Waals surface area contributed by atoms with Gasteiger partial charge in [-0.25, -0.2) is 4.98 Å². The second kappa shape index (κ2) is 10.7. The number of hydrogen-bond donors (Lipinski definition) is 0. The number of anilines is 1. The summed E-state index contributed by atoms with van der Waals surface area (Å²) in [5, 5.41) is 4.94. The summed E-state index contributed by atoms with van der Waals surface area (Å²) in [5.74, 6) is -0.0349. The van der Waals surface area contributed by atoms with Gasteiger partial charge in [0.1, 0.15) is 21.8 Å². The molecule has 1 aromatic carbocycles. The van der Waals surface area contributed by atoms with E-state index in [0.29, 0.717) is 21.9 Å². The van der Waals surface area contributed by atoms with E-state index >= 15 is 0 Å². The number of nitrogens with zero attached hydrogens (tertiary/aromatic N) is 4. The molecule has 0 unspecified atom stereocenters. The summed E-state index contributed by atoms with van der Waals surface area (Å²) in [6.45, 7) is 7.41. The van der Waals surface area contributed by atoms with Crippen LogP contribution < -0.4 is 10.5 Å². The molecule has 37 heavy (non-hydrogen) atoms. The van der Waals surface area contributed by atoms with Crippen molar-refractivity contribution < 1.29 is 9.63 Å². The molecular weight excluding hydrogens is 488 g/mol. The highest BCUT2D eigenvalue weighted by Gasteiger charge is 2.32. The Labute approximate surface area is 223 Å². The van der Waals surface area contributed by atoms with Crippen LogP contribution in [0.2, 0.25) is 5.15 Å². The van der Waals surface area contributed by atoms with Crippen molar-refractivity contribution >= 4 is 39.8 Å². The van der Waals surface area contributed by atoms with Crippen LogP contribution in [-0.4, -0.2) is 39.7 Å². The van der Waals surface area contributed by atoms with Crippen molar-refractivity contribution in [2.45, 2.75) is 65.0 Å². The second-order valence-electron chi connectivity index (χ2n) is 10.8. The number of fused-ring (bicyclic) bond motifs is 1. The Morgan fingerprint density at radius 3 is 2.35 bits per heavy atom. The number of halogens is 1. The van der Waals surface area contributed by atoms with Crippen LogP contribution in [0.5, 0.6) is 0 Å². The SMILES string of the molecule is CC(=O)c1c(N(C)C2CCC(/C(=N/OC(C)(C)C)c3ccccc3)CC2)c2nc(Cl)ccc2n(C)c1=O. The lowest BCUT2D eigenvalue weighted by atomic mass is 9.80. The highest BCUT2D eigenvalue weighted by molar-refractivity contribution is 6.30. The minimum absolute atomic E-state index is 0.131. The number of carbonyl (C=O) groups is 1. The van der Waals surface area contributed by atoms with E-state index in [2.05, 4.69) is 27.2 Å². The monoisotopic (exact) mass is 522 g/mol. The quantitative estimate of drug-likeness (QED) is 0.172. The lowest BCUT2D eigenvalue weighted by Gasteiger charge is -2.37. The molecule has 0 bridgehead atoms. The standard InChI is InChI=1S/C29H35ClN4O3/c1-18(35)24-27(26-22(34(6)28(24)36)16-17-23(30)31-26)33(5)21-14-12-20(13-15-21)25(32-37-29(2,3)4)19-10-8-7-9-11-19/h7-11,16-17,20-21H,12-15H2,1-6H3/b32-25+. The van der Waals surface area contributed by atoms with Crippen LogP contribution >= 0.6 is 11.6 Å². The molecule has 0 radical (unpaired) electrons. The summed E-state index contributed by atoms with van der Waals surface area (Å²) in [7, 11) is 3.61. The average Bonchev–Trinajstić information content (AvgIpc) is 2.86. The lowest BCUT2D eigenvalue weighted by molar-refractivity contribution is -0.0000316. The van der Waals surface area contributed by atoms with Gasteiger partial charge >= 0.3 is 0 Å². The Morgan fingerprint density at radius 2 is 1.76 bits per heavy atom. The molecule has 0 spiro atoms. The largest absolute Gasteiger partial charge is 0.390 e. The molecule has 0 aliphatic heterocycles. The summed E-state index contributed by atoms with van der Waals surface area (Å²) >= 11 is 6.25. The zero-order valence-electron chi connectivity index (χ0n) is 22.4. The fourth-order valence-electron chi connectivity index (χ4n) is 5.11. The van der Waals surface area contributed by atoms with Crippen LogP contribution in [0.1, 0.15) is 69.3 Å². The number of aryl methyl sites for hydroxylation is 1. The molecule has 0 N–H and O–H groups in total. The van der Waals surface area contributed by atoms with E-state index < -0.39 is 0 Å². The third kappa shape index (κ3) is 5.72. The fraction of sp³-hybridized carbons (Fsp3) is 0.448. The lowest BCUT2D eigenvalue weighted by Crippen LogP contribution is -2.39. The normalized spacial score (nSPS) is 18.6. The first-order valence-electron chi connectivity index (χ1n) is 12.7. The van der Waals surface area contributed by atoms with Crippen LogP contribution in [0.4, 0.5) is 5.69 Å². The fourth-order valence-corrected chi connectivity index (χ4v) is 5.26. The zero-order valence-corrected chi connectivity index (χ0v) is 23.2. The van der Waals surface area contributed by atoms with Crippen LogP contribution in [0.15, 0.2) is 52.4 Å². The molecule has 2 aromatic heterocycles. The van der Waals surface area contributed by atoms with Crippen molar-refractivity contribution in [3.8, 4) is 0 Å². The first-order valence-corrected chi connectivity index (χ1v) is 13.1. The number of rotatable bonds is 6. The van der Waals surface area contributed by atoms with Gasteiger partial charge in [0.05, 0.1) is 16.9 Å². The zero-order chi connectivity index (χ0) is 26.9. The number of oxime groups is 1. The number of ketones is 1.